The summed E-state index contributed by atoms with van der Waals surface area (Å²) in [6.07, 6.45) is 7.76. The van der Waals surface area contributed by atoms with E-state index in [1.54, 1.807) is 11.3 Å². The first kappa shape index (κ1) is 23.6. The van der Waals surface area contributed by atoms with E-state index in [0.717, 1.165) is 49.4 Å². The topological polar surface area (TPSA) is 71.2 Å². The number of nitrogens with one attached hydrogen (secondary N) is 1. The van der Waals surface area contributed by atoms with Gasteiger partial charge in [-0.3, -0.25) is 4.79 Å². The highest BCUT2D eigenvalue weighted by Gasteiger charge is 2.40. The van der Waals surface area contributed by atoms with Crippen molar-refractivity contribution in [2.24, 2.45) is 23.5 Å². The van der Waals surface area contributed by atoms with Gasteiger partial charge >= 0.3 is 0 Å². The first-order valence-electron chi connectivity index (χ1n) is 10.8. The number of nitrogens with zero attached hydrogens (tertiary/aromatic N) is 2. The number of hydrogen-bond acceptors (Lipinski definition) is 5. The molecule has 2 bridgehead atoms. The maximum absolute atomic E-state index is 13.0. The zero-order chi connectivity index (χ0) is 19.1. The number of piperidine rings is 1. The maximum atomic E-state index is 13.0. The number of amides is 1. The molecule has 1 saturated heterocycles. The highest BCUT2D eigenvalue weighted by Crippen LogP contribution is 2.40. The van der Waals surface area contributed by atoms with E-state index >= 15 is 0 Å². The molecule has 2 aliphatic carbocycles. The Hall–Kier alpha value is -1.08. The van der Waals surface area contributed by atoms with Crippen LogP contribution >= 0.6 is 36.2 Å². The summed E-state index contributed by atoms with van der Waals surface area (Å²) < 4.78 is 1.24. The summed E-state index contributed by atoms with van der Waals surface area (Å²) in [5.41, 5.74) is 7.31. The van der Waals surface area contributed by atoms with Gasteiger partial charge in [0.15, 0.2) is 5.13 Å². The van der Waals surface area contributed by atoms with Crippen LogP contribution in [0.3, 0.4) is 0 Å². The fourth-order valence-corrected chi connectivity index (χ4v) is 6.65. The van der Waals surface area contributed by atoms with Crippen molar-refractivity contribution in [3.8, 4) is 0 Å². The molecule has 1 aromatic heterocycles. The van der Waals surface area contributed by atoms with E-state index in [9.17, 15) is 4.79 Å². The van der Waals surface area contributed by atoms with E-state index < -0.39 is 0 Å². The van der Waals surface area contributed by atoms with Crippen LogP contribution < -0.4 is 16.0 Å². The normalized spacial score (nSPS) is 29.0. The Bertz CT molecular complexity index is 808. The molecule has 1 aromatic carbocycles. The van der Waals surface area contributed by atoms with Crippen LogP contribution in [0, 0.1) is 17.8 Å². The summed E-state index contributed by atoms with van der Waals surface area (Å²) in [4.78, 5) is 20.1. The monoisotopic (exact) mass is 470 g/mol. The van der Waals surface area contributed by atoms with Gasteiger partial charge in [-0.25, -0.2) is 4.98 Å². The SMILES string of the molecule is Cl.Cl.NC1CC2CCCC(C1)C2NC(=O)C1CCN(c2nc3ccccc3s2)CC1. The molecule has 2 heterocycles. The molecule has 30 heavy (non-hydrogen) atoms. The van der Waals surface area contributed by atoms with Gasteiger partial charge in [-0.05, 0) is 62.5 Å². The Labute approximate surface area is 195 Å². The third-order valence-corrected chi connectivity index (χ3v) is 8.20. The van der Waals surface area contributed by atoms with Gasteiger partial charge in [-0.1, -0.05) is 29.9 Å². The summed E-state index contributed by atoms with van der Waals surface area (Å²) in [6, 6.07) is 9.00. The highest BCUT2D eigenvalue weighted by molar-refractivity contribution is 7.22. The van der Waals surface area contributed by atoms with Crippen molar-refractivity contribution < 1.29 is 4.79 Å². The van der Waals surface area contributed by atoms with Crippen molar-refractivity contribution in [1.29, 1.82) is 0 Å². The second-order valence-corrected chi connectivity index (χ2v) is 9.95. The average molecular weight is 471 g/mol. The Balaban J connectivity index is 0.00000128. The first-order chi connectivity index (χ1) is 13.7. The molecule has 2 unspecified atom stereocenters. The number of rotatable bonds is 3. The van der Waals surface area contributed by atoms with Crippen LogP contribution in [0.1, 0.15) is 44.9 Å². The Kier molecular flexibility index (Phi) is 7.88. The van der Waals surface area contributed by atoms with E-state index in [0.29, 0.717) is 23.9 Å². The number of aromatic nitrogens is 1. The summed E-state index contributed by atoms with van der Waals surface area (Å²) in [5, 5.41) is 4.55. The van der Waals surface area contributed by atoms with Gasteiger partial charge in [0.1, 0.15) is 0 Å². The maximum Gasteiger partial charge on any atom is 0.223 e. The van der Waals surface area contributed by atoms with Crippen LogP contribution in [-0.2, 0) is 4.79 Å². The van der Waals surface area contributed by atoms with Gasteiger partial charge in [0, 0.05) is 31.1 Å². The summed E-state index contributed by atoms with van der Waals surface area (Å²) >= 11 is 1.76. The Morgan fingerprint density at radius 2 is 1.73 bits per heavy atom. The summed E-state index contributed by atoms with van der Waals surface area (Å²) in [5.74, 6) is 1.60. The molecule has 3 N–H and O–H groups in total. The zero-order valence-corrected chi connectivity index (χ0v) is 19.6. The van der Waals surface area contributed by atoms with Crippen LogP contribution in [0.4, 0.5) is 5.13 Å². The minimum absolute atomic E-state index is 0. The van der Waals surface area contributed by atoms with E-state index in [1.807, 2.05) is 6.07 Å². The third-order valence-electron chi connectivity index (χ3n) is 7.10. The van der Waals surface area contributed by atoms with Crippen LogP contribution in [0.25, 0.3) is 10.2 Å². The molecular weight excluding hydrogens is 439 g/mol. The van der Waals surface area contributed by atoms with Crippen molar-refractivity contribution >= 4 is 57.4 Å². The molecule has 8 heteroatoms. The van der Waals surface area contributed by atoms with Crippen LogP contribution in [-0.4, -0.2) is 36.1 Å². The molecule has 1 amide bonds. The van der Waals surface area contributed by atoms with Crippen molar-refractivity contribution in [1.82, 2.24) is 10.3 Å². The molecule has 166 valence electrons. The number of carbonyl (C=O) groups excluding carboxylic acids is 1. The molecular formula is C22H32Cl2N4OS. The van der Waals surface area contributed by atoms with E-state index in [-0.39, 0.29) is 36.6 Å². The first-order valence-corrected chi connectivity index (χ1v) is 11.7. The molecule has 3 aliphatic rings. The molecule has 0 radical (unpaired) electrons. The van der Waals surface area contributed by atoms with Crippen LogP contribution in [0.15, 0.2) is 24.3 Å². The van der Waals surface area contributed by atoms with Crippen molar-refractivity contribution in [3.05, 3.63) is 24.3 Å². The molecule has 0 spiro atoms. The standard InChI is InChI=1S/C22H30N4OS.2ClH/c23-17-12-15-4-3-5-16(13-17)20(15)25-21(27)14-8-10-26(11-9-14)22-24-18-6-1-2-7-19(18)28-22;;/h1-2,6-7,14-17,20H,3-5,8-13,23H2,(H,25,27);2*1H. The highest BCUT2D eigenvalue weighted by atomic mass is 35.5. The predicted octanol–water partition coefficient (Wildman–Crippen LogP) is 4.38. The molecule has 5 nitrogen and oxygen atoms in total. The summed E-state index contributed by atoms with van der Waals surface area (Å²) in [7, 11) is 0. The van der Waals surface area contributed by atoms with Crippen molar-refractivity contribution in [2.75, 3.05) is 18.0 Å². The number of hydrogen-bond donors (Lipinski definition) is 2. The predicted molar refractivity (Wildman–Crippen MR) is 129 cm³/mol. The number of carbonyl (C=O) groups is 1. The minimum Gasteiger partial charge on any atom is -0.353 e. The number of nitrogens with two attached hydrogens (primary N) is 1. The lowest BCUT2D eigenvalue weighted by molar-refractivity contribution is -0.128. The smallest absolute Gasteiger partial charge is 0.223 e. The van der Waals surface area contributed by atoms with Crippen LogP contribution in [0.2, 0.25) is 0 Å². The lowest BCUT2D eigenvalue weighted by Crippen LogP contribution is -2.55. The van der Waals surface area contributed by atoms with Crippen molar-refractivity contribution in [3.63, 3.8) is 0 Å². The molecule has 2 aromatic rings. The lowest BCUT2D eigenvalue weighted by atomic mass is 9.67. The largest absolute Gasteiger partial charge is 0.353 e. The van der Waals surface area contributed by atoms with E-state index in [4.69, 9.17) is 10.7 Å². The average Bonchev–Trinajstić information content (AvgIpc) is 3.13. The fraction of sp³-hybridized carbons (Fsp3) is 0.636. The Morgan fingerprint density at radius 1 is 1.07 bits per heavy atom. The zero-order valence-electron chi connectivity index (χ0n) is 17.2. The van der Waals surface area contributed by atoms with Gasteiger partial charge < -0.3 is 16.0 Å². The molecule has 2 atom stereocenters. The second-order valence-electron chi connectivity index (χ2n) is 8.94. The lowest BCUT2D eigenvalue weighted by Gasteiger charge is -2.45. The molecule has 3 fully saturated rings. The second kappa shape index (κ2) is 10.0. The number of para-hydroxylation sites is 1. The van der Waals surface area contributed by atoms with Gasteiger partial charge in [0.2, 0.25) is 5.91 Å². The number of halogens is 2. The van der Waals surface area contributed by atoms with Crippen LogP contribution in [0.5, 0.6) is 0 Å². The van der Waals surface area contributed by atoms with Gasteiger partial charge in [-0.15, -0.1) is 24.8 Å². The quantitative estimate of drug-likeness (QED) is 0.697. The van der Waals surface area contributed by atoms with E-state index in [1.165, 1.54) is 24.0 Å². The van der Waals surface area contributed by atoms with Gasteiger partial charge in [-0.2, -0.15) is 0 Å². The molecule has 5 rings (SSSR count). The summed E-state index contributed by atoms with van der Waals surface area (Å²) in [6.45, 7) is 1.83. The van der Waals surface area contributed by atoms with Gasteiger partial charge in [0.05, 0.1) is 10.2 Å². The van der Waals surface area contributed by atoms with E-state index in [2.05, 4.69) is 28.4 Å². The third kappa shape index (κ3) is 4.72. The number of anilines is 1. The van der Waals surface area contributed by atoms with Crippen molar-refractivity contribution in [2.45, 2.75) is 57.0 Å². The van der Waals surface area contributed by atoms with Gasteiger partial charge in [0.25, 0.3) is 0 Å². The molecule has 2 saturated carbocycles. The fourth-order valence-electron chi connectivity index (χ4n) is 5.64. The molecule has 1 aliphatic heterocycles. The minimum atomic E-state index is 0. The number of fused-ring (bicyclic) bond motifs is 3. The number of benzene rings is 1. The number of thiazole rings is 1. The Morgan fingerprint density at radius 3 is 2.40 bits per heavy atom.